The van der Waals surface area contributed by atoms with E-state index in [2.05, 4.69) is 0 Å². The lowest BCUT2D eigenvalue weighted by Crippen LogP contribution is -2.50. The molecule has 2 fully saturated rings. The predicted molar refractivity (Wildman–Crippen MR) is 71.9 cm³/mol. The highest BCUT2D eigenvalue weighted by Gasteiger charge is 2.50. The van der Waals surface area contributed by atoms with E-state index in [1.54, 1.807) is 0 Å². The van der Waals surface area contributed by atoms with E-state index in [9.17, 15) is 19.5 Å². The molecule has 0 aromatic rings. The number of nitrogens with zero attached hydrogens (tertiary/aromatic N) is 1. The second-order valence-electron chi connectivity index (χ2n) is 7.45. The van der Waals surface area contributed by atoms with E-state index in [0.717, 1.165) is 0 Å². The van der Waals surface area contributed by atoms with Gasteiger partial charge in [-0.15, -0.1) is 5.06 Å². The maximum atomic E-state index is 12.4. The van der Waals surface area contributed by atoms with Gasteiger partial charge in [-0.2, -0.15) is 0 Å². The molecule has 1 aliphatic carbocycles. The van der Waals surface area contributed by atoms with E-state index in [1.165, 1.54) is 0 Å². The Morgan fingerprint density at radius 1 is 1.05 bits per heavy atom. The predicted octanol–water partition coefficient (Wildman–Crippen LogP) is 1.86. The fourth-order valence-electron chi connectivity index (χ4n) is 3.60. The molecule has 0 spiro atoms. The first-order chi connectivity index (χ1) is 9.54. The van der Waals surface area contributed by atoms with Crippen molar-refractivity contribution < 1.29 is 24.3 Å². The molecule has 6 nitrogen and oxygen atoms in total. The maximum Gasteiger partial charge on any atom is 0.336 e. The van der Waals surface area contributed by atoms with Crippen molar-refractivity contribution in [3.63, 3.8) is 0 Å². The Hall–Kier alpha value is -1.43. The minimum Gasteiger partial charge on any atom is -0.330 e. The lowest BCUT2D eigenvalue weighted by molar-refractivity contribution is -0.207. The van der Waals surface area contributed by atoms with Crippen LogP contribution in [0.2, 0.25) is 0 Å². The monoisotopic (exact) mass is 296 g/mol. The Kier molecular flexibility index (Phi) is 3.86. The highest BCUT2D eigenvalue weighted by Crippen LogP contribution is 2.49. The van der Waals surface area contributed by atoms with Crippen molar-refractivity contribution in [1.29, 1.82) is 0 Å². The summed E-state index contributed by atoms with van der Waals surface area (Å²) in [7, 11) is 0. The van der Waals surface area contributed by atoms with Crippen LogP contribution in [0.1, 0.15) is 53.4 Å². The van der Waals surface area contributed by atoms with Crippen LogP contribution >= 0.6 is 0 Å². The Balaban J connectivity index is 2.09. The largest absolute Gasteiger partial charge is 0.336 e. The Morgan fingerprint density at radius 2 is 1.48 bits per heavy atom. The number of imide groups is 1. The van der Waals surface area contributed by atoms with E-state index >= 15 is 0 Å². The van der Waals surface area contributed by atoms with Crippen LogP contribution in [0.4, 0.5) is 0 Å². The molecule has 1 radical (unpaired) electrons. The van der Waals surface area contributed by atoms with Crippen molar-refractivity contribution in [2.24, 2.45) is 16.7 Å². The van der Waals surface area contributed by atoms with Crippen molar-refractivity contribution in [3.8, 4) is 0 Å². The van der Waals surface area contributed by atoms with E-state index in [-0.39, 0.29) is 12.8 Å². The minimum absolute atomic E-state index is 0.0798. The molecule has 1 saturated heterocycles. The van der Waals surface area contributed by atoms with Gasteiger partial charge in [-0.25, -0.2) is 9.90 Å². The molecule has 21 heavy (non-hydrogen) atoms. The van der Waals surface area contributed by atoms with Crippen LogP contribution in [-0.4, -0.2) is 29.0 Å². The lowest BCUT2D eigenvalue weighted by atomic mass is 9.59. The average Bonchev–Trinajstić information content (AvgIpc) is 2.66. The summed E-state index contributed by atoms with van der Waals surface area (Å²) in [6.45, 7) is 7.38. The van der Waals surface area contributed by atoms with Crippen molar-refractivity contribution >= 4 is 17.8 Å². The van der Waals surface area contributed by atoms with Gasteiger partial charge < -0.3 is 4.84 Å². The molecule has 2 rings (SSSR count). The van der Waals surface area contributed by atoms with Crippen LogP contribution in [0.25, 0.3) is 0 Å². The first kappa shape index (κ1) is 15.9. The van der Waals surface area contributed by atoms with Gasteiger partial charge in [-0.05, 0) is 23.7 Å². The van der Waals surface area contributed by atoms with E-state index in [4.69, 9.17) is 4.84 Å². The van der Waals surface area contributed by atoms with Crippen LogP contribution in [0, 0.1) is 16.7 Å². The zero-order chi connectivity index (χ0) is 16.0. The number of amides is 2. The fraction of sp³-hybridized carbons (Fsp3) is 0.800. The van der Waals surface area contributed by atoms with Crippen LogP contribution in [0.3, 0.4) is 0 Å². The van der Waals surface area contributed by atoms with Gasteiger partial charge in [0.1, 0.15) is 6.10 Å². The molecule has 1 saturated carbocycles. The molecular formula is C15H22NO5. The topological polar surface area (TPSA) is 83.6 Å². The Labute approximate surface area is 124 Å². The highest BCUT2D eigenvalue weighted by atomic mass is 16.7. The van der Waals surface area contributed by atoms with Gasteiger partial charge in [-0.3, -0.25) is 9.59 Å². The normalized spacial score (nSPS) is 31.4. The third-order valence-corrected chi connectivity index (χ3v) is 4.48. The molecule has 0 atom stereocenters. The second kappa shape index (κ2) is 5.09. The highest BCUT2D eigenvalue weighted by molar-refractivity contribution is 6.01. The molecule has 2 amide bonds. The summed E-state index contributed by atoms with van der Waals surface area (Å²) < 4.78 is 0. The smallest absolute Gasteiger partial charge is 0.330 e. The van der Waals surface area contributed by atoms with Gasteiger partial charge in [0.15, 0.2) is 0 Å². The minimum atomic E-state index is -0.774. The number of hydroxylamine groups is 2. The van der Waals surface area contributed by atoms with E-state index in [1.807, 2.05) is 27.7 Å². The summed E-state index contributed by atoms with van der Waals surface area (Å²) >= 11 is 0. The number of rotatable bonds is 2. The van der Waals surface area contributed by atoms with Gasteiger partial charge in [0.25, 0.3) is 11.8 Å². The number of carbonyl (C=O) groups excluding carboxylic acids is 3. The second-order valence-corrected chi connectivity index (χ2v) is 7.45. The van der Waals surface area contributed by atoms with Crippen LogP contribution in [0.15, 0.2) is 0 Å². The van der Waals surface area contributed by atoms with Gasteiger partial charge >= 0.3 is 5.97 Å². The average molecular weight is 296 g/mol. The molecule has 1 heterocycles. The summed E-state index contributed by atoms with van der Waals surface area (Å²) in [4.78, 5) is 40.2. The first-order valence-corrected chi connectivity index (χ1v) is 7.28. The maximum absolute atomic E-state index is 12.4. The molecule has 0 N–H and O–H groups in total. The van der Waals surface area contributed by atoms with Gasteiger partial charge in [0.2, 0.25) is 0 Å². The molecule has 0 bridgehead atoms. The summed E-state index contributed by atoms with van der Waals surface area (Å²) in [5.74, 6) is -2.03. The zero-order valence-electron chi connectivity index (χ0n) is 13.0. The molecular weight excluding hydrogens is 274 g/mol. The molecule has 117 valence electrons. The fourth-order valence-corrected chi connectivity index (χ4v) is 3.60. The first-order valence-electron chi connectivity index (χ1n) is 7.28. The summed E-state index contributed by atoms with van der Waals surface area (Å²) in [6, 6.07) is 0. The molecule has 6 heteroatoms. The van der Waals surface area contributed by atoms with E-state index < -0.39 is 40.6 Å². The number of hydrogen-bond donors (Lipinski definition) is 0. The van der Waals surface area contributed by atoms with Gasteiger partial charge in [0.05, 0.1) is 5.92 Å². The number of carbonyl (C=O) groups is 3. The van der Waals surface area contributed by atoms with E-state index in [0.29, 0.717) is 17.9 Å². The Bertz CT molecular complexity index is 448. The van der Waals surface area contributed by atoms with Crippen molar-refractivity contribution in [1.82, 2.24) is 5.06 Å². The lowest BCUT2D eigenvalue weighted by Gasteiger charge is -2.47. The molecule has 2 aliphatic rings. The molecule has 0 unspecified atom stereocenters. The Morgan fingerprint density at radius 3 is 1.90 bits per heavy atom. The van der Waals surface area contributed by atoms with Crippen molar-refractivity contribution in [3.05, 3.63) is 0 Å². The van der Waals surface area contributed by atoms with Crippen LogP contribution < -0.4 is 0 Å². The SMILES string of the molecule is CC1(C)CC(C(=O)ON2C(=O)CCC2=O)CC(C)(C)C1[O]. The van der Waals surface area contributed by atoms with Crippen LogP contribution in [0.5, 0.6) is 0 Å². The molecule has 0 aromatic carbocycles. The van der Waals surface area contributed by atoms with Crippen molar-refractivity contribution in [2.45, 2.75) is 59.5 Å². The van der Waals surface area contributed by atoms with Crippen LogP contribution in [-0.2, 0) is 24.3 Å². The molecule has 0 aromatic heterocycles. The zero-order valence-corrected chi connectivity index (χ0v) is 13.0. The summed E-state index contributed by atoms with van der Waals surface area (Å²) in [5, 5.41) is 13.0. The van der Waals surface area contributed by atoms with Gasteiger partial charge in [0, 0.05) is 12.8 Å². The summed E-state index contributed by atoms with van der Waals surface area (Å²) in [6.07, 6.45) is 0.190. The third kappa shape index (κ3) is 2.95. The summed E-state index contributed by atoms with van der Waals surface area (Å²) in [5.41, 5.74) is -1.07. The quantitative estimate of drug-likeness (QED) is 0.728. The van der Waals surface area contributed by atoms with Crippen molar-refractivity contribution in [2.75, 3.05) is 0 Å². The van der Waals surface area contributed by atoms with Gasteiger partial charge in [-0.1, -0.05) is 27.7 Å². The standard InChI is InChI=1S/C15H22NO5/c1-14(2)7-9(8-15(3,4)13(14)20)12(19)21-16-10(17)5-6-11(16)18/h9,13H,5-8H2,1-4H3. The molecule has 1 aliphatic heterocycles. The third-order valence-electron chi connectivity index (χ3n) is 4.48. The number of hydrogen-bond acceptors (Lipinski definition) is 4.